The van der Waals surface area contributed by atoms with E-state index in [2.05, 4.69) is 11.2 Å². The van der Waals surface area contributed by atoms with Gasteiger partial charge in [-0.05, 0) is 6.42 Å². The van der Waals surface area contributed by atoms with E-state index in [1.807, 2.05) is 6.92 Å². The van der Waals surface area contributed by atoms with Crippen LogP contribution in [0.25, 0.3) is 0 Å². The Hall–Kier alpha value is -2.78. The van der Waals surface area contributed by atoms with E-state index in [0.717, 1.165) is 0 Å². The number of nitrogens with one attached hydrogen (secondary N) is 2. The lowest BCUT2D eigenvalue weighted by molar-refractivity contribution is -0.139. The lowest BCUT2D eigenvalue weighted by Gasteiger charge is -2.18. The zero-order valence-electron chi connectivity index (χ0n) is 15.5. The summed E-state index contributed by atoms with van der Waals surface area (Å²) in [5.74, 6) is 2.25. The second-order valence-corrected chi connectivity index (χ2v) is 6.15. The molecule has 1 amide bonds. The number of aromatic nitrogens is 2. The number of alkyl carbamates (subject to hydrolysis) is 1. The molecule has 12 heteroatoms. The van der Waals surface area contributed by atoms with Crippen LogP contribution >= 0.6 is 0 Å². The molecule has 0 unspecified atom stereocenters. The van der Waals surface area contributed by atoms with Gasteiger partial charge in [0.05, 0.1) is 6.10 Å². The van der Waals surface area contributed by atoms with E-state index >= 15 is 0 Å². The summed E-state index contributed by atoms with van der Waals surface area (Å²) in [6.07, 6.45) is -2.28. The summed E-state index contributed by atoms with van der Waals surface area (Å²) in [6.45, 7) is 1.86. The number of carbonyl (C=O) groups is 1. The maximum atomic E-state index is 13.0. The number of hydrogen-bond donors (Lipinski definition) is 2. The predicted molar refractivity (Wildman–Crippen MR) is 93.1 cm³/mol. The molecule has 1 fully saturated rings. The van der Waals surface area contributed by atoms with Crippen molar-refractivity contribution in [2.24, 2.45) is 0 Å². The third-order valence-corrected chi connectivity index (χ3v) is 4.04. The first-order valence-electron chi connectivity index (χ1n) is 8.71. The van der Waals surface area contributed by atoms with Gasteiger partial charge in [-0.2, -0.15) is 13.2 Å². The summed E-state index contributed by atoms with van der Waals surface area (Å²) < 4.78 is 55.6. The summed E-state index contributed by atoms with van der Waals surface area (Å²) in [5, 5.41) is 2.49. The fourth-order valence-corrected chi connectivity index (χ4v) is 2.69. The van der Waals surface area contributed by atoms with E-state index in [1.165, 1.54) is 0 Å². The number of ether oxygens (including phenoxy) is 3. The van der Waals surface area contributed by atoms with Crippen LogP contribution in [0.2, 0.25) is 0 Å². The first-order valence-corrected chi connectivity index (χ1v) is 8.71. The number of terminal acetylenes is 1. The minimum Gasteiger partial charge on any atom is -0.447 e. The second-order valence-electron chi connectivity index (χ2n) is 6.15. The van der Waals surface area contributed by atoms with Crippen molar-refractivity contribution in [3.63, 3.8) is 0 Å². The van der Waals surface area contributed by atoms with Crippen molar-refractivity contribution in [2.75, 3.05) is 19.8 Å². The van der Waals surface area contributed by atoms with Crippen LogP contribution in [-0.2, 0) is 20.4 Å². The van der Waals surface area contributed by atoms with Gasteiger partial charge in [-0.1, -0.05) is 12.8 Å². The van der Waals surface area contributed by atoms with Gasteiger partial charge in [0.15, 0.2) is 0 Å². The van der Waals surface area contributed by atoms with E-state index in [0.29, 0.717) is 23.7 Å². The van der Waals surface area contributed by atoms with Gasteiger partial charge in [0.2, 0.25) is 0 Å². The molecule has 160 valence electrons. The van der Waals surface area contributed by atoms with Gasteiger partial charge in [-0.15, -0.1) is 6.42 Å². The Kier molecular flexibility index (Phi) is 7.46. The molecule has 1 aromatic rings. The number of rotatable bonds is 7. The summed E-state index contributed by atoms with van der Waals surface area (Å²) in [6, 6.07) is 0. The molecule has 2 heterocycles. The van der Waals surface area contributed by atoms with E-state index < -0.39 is 47.5 Å². The van der Waals surface area contributed by atoms with Crippen LogP contribution in [0.1, 0.15) is 31.6 Å². The van der Waals surface area contributed by atoms with Crippen molar-refractivity contribution in [1.29, 1.82) is 0 Å². The third-order valence-electron chi connectivity index (χ3n) is 4.04. The van der Waals surface area contributed by atoms with Crippen molar-refractivity contribution in [3.05, 3.63) is 32.6 Å². The van der Waals surface area contributed by atoms with Crippen LogP contribution in [-0.4, -0.2) is 47.6 Å². The maximum Gasteiger partial charge on any atom is 0.423 e. The molecule has 1 aliphatic heterocycles. The van der Waals surface area contributed by atoms with Crippen molar-refractivity contribution in [3.8, 4) is 12.3 Å². The number of hydrogen-bond acceptors (Lipinski definition) is 6. The van der Waals surface area contributed by atoms with E-state index in [9.17, 15) is 27.6 Å². The molecule has 1 aliphatic rings. The summed E-state index contributed by atoms with van der Waals surface area (Å²) in [7, 11) is 0. The number of halogens is 3. The van der Waals surface area contributed by atoms with E-state index in [4.69, 9.17) is 20.6 Å². The maximum absolute atomic E-state index is 13.0. The number of aromatic amines is 1. The molecule has 0 spiro atoms. The number of alkyl halides is 3. The van der Waals surface area contributed by atoms with Crippen molar-refractivity contribution < 1.29 is 32.2 Å². The van der Waals surface area contributed by atoms with Gasteiger partial charge in [0.1, 0.15) is 31.1 Å². The minimum absolute atomic E-state index is 0.0461. The van der Waals surface area contributed by atoms with Gasteiger partial charge in [0.25, 0.3) is 5.56 Å². The minimum atomic E-state index is -4.96. The van der Waals surface area contributed by atoms with Crippen LogP contribution in [0, 0.1) is 12.3 Å². The number of amides is 1. The number of carbonyl (C=O) groups excluding carboxylic acids is 1. The normalized spacial score (nSPS) is 21.6. The number of H-pyrrole nitrogens is 1. The molecule has 1 aromatic heterocycles. The molecule has 0 radical (unpaired) electrons. The SMILES string of the molecule is C#CCO[C@H]1C[C@H](n2cc(C(F)(F)F)c(=O)[nH]c2=O)O[C@@H]1COC(=O)NCCC. The first kappa shape index (κ1) is 22.5. The molecule has 2 N–H and O–H groups in total. The van der Waals surface area contributed by atoms with Gasteiger partial charge in [-0.25, -0.2) is 9.59 Å². The van der Waals surface area contributed by atoms with Gasteiger partial charge >= 0.3 is 18.0 Å². The Morgan fingerprint density at radius 2 is 2.21 bits per heavy atom. The second kappa shape index (κ2) is 9.62. The van der Waals surface area contributed by atoms with Crippen LogP contribution in [0.4, 0.5) is 18.0 Å². The Morgan fingerprint density at radius 3 is 2.83 bits per heavy atom. The molecular formula is C17H20F3N3O6. The quantitative estimate of drug-likeness (QED) is 0.638. The van der Waals surface area contributed by atoms with Crippen molar-refractivity contribution >= 4 is 6.09 Å². The zero-order valence-corrected chi connectivity index (χ0v) is 15.5. The molecule has 9 nitrogen and oxygen atoms in total. The smallest absolute Gasteiger partial charge is 0.423 e. The summed E-state index contributed by atoms with van der Waals surface area (Å²) >= 11 is 0. The zero-order chi connectivity index (χ0) is 21.6. The molecule has 0 aromatic carbocycles. The molecule has 0 bridgehead atoms. The Bertz CT molecular complexity index is 873. The highest BCUT2D eigenvalue weighted by Crippen LogP contribution is 2.32. The highest BCUT2D eigenvalue weighted by atomic mass is 19.4. The third kappa shape index (κ3) is 5.85. The fourth-order valence-electron chi connectivity index (χ4n) is 2.69. The van der Waals surface area contributed by atoms with E-state index in [-0.39, 0.29) is 19.6 Å². The molecular weight excluding hydrogens is 399 g/mol. The van der Waals surface area contributed by atoms with Gasteiger partial charge in [0, 0.05) is 19.2 Å². The highest BCUT2D eigenvalue weighted by molar-refractivity contribution is 5.67. The summed E-state index contributed by atoms with van der Waals surface area (Å²) in [5.41, 5.74) is -4.17. The van der Waals surface area contributed by atoms with Crippen molar-refractivity contribution in [1.82, 2.24) is 14.9 Å². The molecule has 0 saturated carbocycles. The van der Waals surface area contributed by atoms with E-state index in [1.54, 1.807) is 4.98 Å². The number of nitrogens with zero attached hydrogens (tertiary/aromatic N) is 1. The predicted octanol–water partition coefficient (Wildman–Crippen LogP) is 0.997. The van der Waals surface area contributed by atoms with Crippen LogP contribution in [0.5, 0.6) is 0 Å². The average molecular weight is 419 g/mol. The largest absolute Gasteiger partial charge is 0.447 e. The van der Waals surface area contributed by atoms with Gasteiger partial charge < -0.3 is 19.5 Å². The Balaban J connectivity index is 2.20. The van der Waals surface area contributed by atoms with Crippen LogP contribution in [0.15, 0.2) is 15.8 Å². The molecule has 0 aliphatic carbocycles. The lowest BCUT2D eigenvalue weighted by atomic mass is 10.2. The lowest BCUT2D eigenvalue weighted by Crippen LogP contribution is -2.36. The molecule has 2 rings (SSSR count). The van der Waals surface area contributed by atoms with Crippen molar-refractivity contribution in [2.45, 2.75) is 44.4 Å². The van der Waals surface area contributed by atoms with Crippen LogP contribution < -0.4 is 16.6 Å². The summed E-state index contributed by atoms with van der Waals surface area (Å²) in [4.78, 5) is 36.7. The highest BCUT2D eigenvalue weighted by Gasteiger charge is 2.40. The Labute approximate surface area is 163 Å². The fraction of sp³-hybridized carbons (Fsp3) is 0.588. The Morgan fingerprint density at radius 1 is 1.48 bits per heavy atom. The standard InChI is InChI=1S/C17H20F3N3O6/c1-3-5-21-16(26)28-9-12-11(27-6-4-2)7-13(29-12)23-8-10(17(18,19)20)14(24)22-15(23)25/h2,8,11-13H,3,5-7,9H2,1H3,(H,21,26)(H,22,24,25)/t11-,12+,13+/m0/s1. The molecule has 29 heavy (non-hydrogen) atoms. The average Bonchev–Trinajstić information content (AvgIpc) is 3.04. The monoisotopic (exact) mass is 419 g/mol. The van der Waals surface area contributed by atoms with Gasteiger partial charge in [-0.3, -0.25) is 14.3 Å². The van der Waals surface area contributed by atoms with Crippen LogP contribution in [0.3, 0.4) is 0 Å². The topological polar surface area (TPSA) is 112 Å². The molecule has 1 saturated heterocycles. The first-order chi connectivity index (χ1) is 13.7. The molecule has 3 atom stereocenters.